The maximum Gasteiger partial charge on any atom is 0.242 e. The molecule has 1 N–H and O–H groups in total. The number of phenolic OH excluding ortho intramolecular Hbond substituents is 1. The smallest absolute Gasteiger partial charge is 0.242 e. The van der Waals surface area contributed by atoms with Gasteiger partial charge in [-0.1, -0.05) is 5.16 Å². The van der Waals surface area contributed by atoms with Gasteiger partial charge >= 0.3 is 0 Å². The number of aromatic hydroxyl groups is 1. The Morgan fingerprint density at radius 3 is 2.73 bits per heavy atom. The summed E-state index contributed by atoms with van der Waals surface area (Å²) in [7, 11) is 0. The van der Waals surface area contributed by atoms with Gasteiger partial charge in [-0.2, -0.15) is 0 Å². The number of carbonyl (C=O) groups excluding carboxylic acids is 1. The molecule has 1 heterocycles. The van der Waals surface area contributed by atoms with E-state index in [2.05, 4.69) is 10.1 Å². The van der Waals surface area contributed by atoms with Gasteiger partial charge in [-0.05, 0) is 24.3 Å². The molecule has 0 saturated carbocycles. The number of aromatic nitrogens is 1. The van der Waals surface area contributed by atoms with E-state index in [1.165, 1.54) is 24.3 Å². The molecule has 0 aliphatic heterocycles. The molecule has 0 fully saturated rings. The first-order chi connectivity index (χ1) is 7.29. The van der Waals surface area contributed by atoms with Crippen LogP contribution in [0.15, 0.2) is 39.8 Å². The zero-order chi connectivity index (χ0) is 10.7. The van der Waals surface area contributed by atoms with Crippen LogP contribution in [0.3, 0.4) is 0 Å². The fraction of sp³-hybridized carbons (Fsp3) is 0. The van der Waals surface area contributed by atoms with Crippen molar-refractivity contribution in [2.24, 2.45) is 4.99 Å². The third kappa shape index (κ3) is 1.92. The second-order valence-electron chi connectivity index (χ2n) is 2.80. The third-order valence-electron chi connectivity index (χ3n) is 1.81. The predicted molar refractivity (Wildman–Crippen MR) is 51.4 cm³/mol. The Hall–Kier alpha value is -2.39. The first-order valence-corrected chi connectivity index (χ1v) is 4.13. The van der Waals surface area contributed by atoms with Crippen molar-refractivity contribution in [1.82, 2.24) is 5.16 Å². The lowest BCUT2D eigenvalue weighted by atomic mass is 10.2. The predicted octanol–water partition coefficient (Wildman–Crippen LogP) is 2.01. The summed E-state index contributed by atoms with van der Waals surface area (Å²) in [5.41, 5.74) is 0.743. The molecule has 0 bridgehead atoms. The Labute approximate surface area is 84.7 Å². The number of hydrogen-bond acceptors (Lipinski definition) is 5. The Bertz CT molecular complexity index is 510. The highest BCUT2D eigenvalue weighted by Gasteiger charge is 2.05. The first-order valence-electron chi connectivity index (χ1n) is 4.13. The van der Waals surface area contributed by atoms with Gasteiger partial charge < -0.3 is 9.63 Å². The second-order valence-corrected chi connectivity index (χ2v) is 2.80. The molecule has 1 aromatic carbocycles. The van der Waals surface area contributed by atoms with Crippen LogP contribution in [0, 0.1) is 0 Å². The minimum atomic E-state index is 0.171. The number of benzene rings is 1. The Morgan fingerprint density at radius 2 is 2.07 bits per heavy atom. The monoisotopic (exact) mass is 202 g/mol. The van der Waals surface area contributed by atoms with E-state index in [4.69, 9.17) is 9.63 Å². The van der Waals surface area contributed by atoms with Crippen LogP contribution in [-0.2, 0) is 4.79 Å². The molecule has 0 amide bonds. The van der Waals surface area contributed by atoms with Crippen molar-refractivity contribution < 1.29 is 14.4 Å². The minimum absolute atomic E-state index is 0.171. The molecular formula is C10H6N2O3. The van der Waals surface area contributed by atoms with Crippen molar-refractivity contribution in [2.45, 2.75) is 0 Å². The van der Waals surface area contributed by atoms with Crippen molar-refractivity contribution in [3.63, 3.8) is 0 Å². The van der Waals surface area contributed by atoms with Gasteiger partial charge in [-0.3, -0.25) is 0 Å². The zero-order valence-corrected chi connectivity index (χ0v) is 7.54. The molecule has 5 heteroatoms. The van der Waals surface area contributed by atoms with Crippen molar-refractivity contribution in [2.75, 3.05) is 0 Å². The van der Waals surface area contributed by atoms with Gasteiger partial charge in [0, 0.05) is 11.6 Å². The molecular weight excluding hydrogens is 196 g/mol. The summed E-state index contributed by atoms with van der Waals surface area (Å²) in [6.07, 6.45) is 1.37. The number of isocyanates is 1. The number of rotatable bonds is 2. The Balaban J connectivity index is 2.37. The lowest BCUT2D eigenvalue weighted by Gasteiger charge is -1.94. The Morgan fingerprint density at radius 1 is 1.33 bits per heavy atom. The number of phenols is 1. The highest BCUT2D eigenvalue weighted by Crippen LogP contribution is 2.24. The average molecular weight is 202 g/mol. The Kier molecular flexibility index (Phi) is 2.31. The van der Waals surface area contributed by atoms with E-state index in [1.807, 2.05) is 0 Å². The quantitative estimate of drug-likeness (QED) is 0.597. The molecule has 2 aromatic rings. The van der Waals surface area contributed by atoms with Crippen LogP contribution >= 0.6 is 0 Å². The number of nitrogens with zero attached hydrogens (tertiary/aromatic N) is 2. The molecule has 1 aromatic heterocycles. The van der Waals surface area contributed by atoms with E-state index in [1.54, 1.807) is 12.1 Å². The van der Waals surface area contributed by atoms with Crippen LogP contribution in [0.2, 0.25) is 0 Å². The van der Waals surface area contributed by atoms with Gasteiger partial charge in [-0.25, -0.2) is 4.79 Å². The van der Waals surface area contributed by atoms with Gasteiger partial charge in [-0.15, -0.1) is 4.99 Å². The van der Waals surface area contributed by atoms with Crippen LogP contribution in [0.25, 0.3) is 11.3 Å². The van der Waals surface area contributed by atoms with E-state index < -0.39 is 0 Å². The maximum atomic E-state index is 9.96. The SMILES string of the molecule is O=C=Nc1cc(-c2ccc(O)cc2)on1. The number of aliphatic imine (C=N–C) groups is 1. The lowest BCUT2D eigenvalue weighted by Crippen LogP contribution is -1.71. The summed E-state index contributed by atoms with van der Waals surface area (Å²) in [5.74, 6) is 0.821. The second kappa shape index (κ2) is 3.77. The number of hydrogen-bond donors (Lipinski definition) is 1. The van der Waals surface area contributed by atoms with Crippen LogP contribution in [0.1, 0.15) is 0 Å². The van der Waals surface area contributed by atoms with Crippen molar-refractivity contribution in [1.29, 1.82) is 0 Å². The van der Waals surface area contributed by atoms with Gasteiger partial charge in [0.2, 0.25) is 11.9 Å². The molecule has 74 valence electrons. The average Bonchev–Trinajstić information content (AvgIpc) is 2.68. The van der Waals surface area contributed by atoms with Gasteiger partial charge in [0.25, 0.3) is 0 Å². The van der Waals surface area contributed by atoms with Gasteiger partial charge in [0.1, 0.15) is 5.75 Å². The fourth-order valence-electron chi connectivity index (χ4n) is 1.13. The van der Waals surface area contributed by atoms with Crippen LogP contribution < -0.4 is 0 Å². The first kappa shape index (κ1) is 9.18. The lowest BCUT2D eigenvalue weighted by molar-refractivity contribution is 0.434. The molecule has 0 radical (unpaired) electrons. The van der Waals surface area contributed by atoms with Gasteiger partial charge in [0.15, 0.2) is 5.76 Å². The van der Waals surface area contributed by atoms with E-state index in [9.17, 15) is 4.79 Å². The summed E-state index contributed by atoms with van der Waals surface area (Å²) in [6, 6.07) is 7.91. The summed E-state index contributed by atoms with van der Waals surface area (Å²) in [5, 5.41) is 12.6. The molecule has 5 nitrogen and oxygen atoms in total. The van der Waals surface area contributed by atoms with Crippen molar-refractivity contribution >= 4 is 11.9 Å². The van der Waals surface area contributed by atoms with Crippen molar-refractivity contribution in [3.8, 4) is 17.1 Å². The maximum absolute atomic E-state index is 9.96. The normalized spacial score (nSPS) is 9.60. The van der Waals surface area contributed by atoms with E-state index in [-0.39, 0.29) is 11.6 Å². The van der Waals surface area contributed by atoms with E-state index in [0.717, 1.165) is 5.56 Å². The summed E-state index contributed by atoms with van der Waals surface area (Å²) >= 11 is 0. The molecule has 0 aliphatic carbocycles. The van der Waals surface area contributed by atoms with Crippen LogP contribution in [0.4, 0.5) is 5.82 Å². The minimum Gasteiger partial charge on any atom is -0.508 e. The summed E-state index contributed by atoms with van der Waals surface area (Å²) < 4.78 is 4.94. The van der Waals surface area contributed by atoms with Crippen LogP contribution in [-0.4, -0.2) is 16.3 Å². The zero-order valence-electron chi connectivity index (χ0n) is 7.54. The van der Waals surface area contributed by atoms with Crippen LogP contribution in [0.5, 0.6) is 5.75 Å². The standard InChI is InChI=1S/C10H6N2O3/c13-6-11-10-5-9(15-12-10)7-1-3-8(14)4-2-7/h1-5,14H. The molecule has 0 aliphatic rings. The largest absolute Gasteiger partial charge is 0.508 e. The molecule has 2 rings (SSSR count). The topological polar surface area (TPSA) is 75.7 Å². The molecule has 0 unspecified atom stereocenters. The summed E-state index contributed by atoms with van der Waals surface area (Å²) in [6.45, 7) is 0. The van der Waals surface area contributed by atoms with E-state index in [0.29, 0.717) is 5.76 Å². The molecule has 0 atom stereocenters. The van der Waals surface area contributed by atoms with E-state index >= 15 is 0 Å². The van der Waals surface area contributed by atoms with Gasteiger partial charge in [0.05, 0.1) is 0 Å². The fourth-order valence-corrected chi connectivity index (χ4v) is 1.13. The molecule has 0 spiro atoms. The highest BCUT2D eigenvalue weighted by molar-refractivity contribution is 5.61. The molecule has 15 heavy (non-hydrogen) atoms. The van der Waals surface area contributed by atoms with Crippen molar-refractivity contribution in [3.05, 3.63) is 30.3 Å². The highest BCUT2D eigenvalue weighted by atomic mass is 16.5. The third-order valence-corrected chi connectivity index (χ3v) is 1.81. The molecule has 0 saturated heterocycles. The summed E-state index contributed by atoms with van der Waals surface area (Å²) in [4.78, 5) is 13.3.